The maximum atomic E-state index is 11.7. The summed E-state index contributed by atoms with van der Waals surface area (Å²) in [4.78, 5) is 0.458. The number of benzene rings is 1. The molecule has 0 unspecified atom stereocenters. The first kappa shape index (κ1) is 10.6. The van der Waals surface area contributed by atoms with Gasteiger partial charge in [-0.25, -0.2) is 0 Å². The molecule has 0 aliphatic heterocycles. The van der Waals surface area contributed by atoms with Gasteiger partial charge in [-0.3, -0.25) is 0 Å². The number of hydrogen-bond acceptors (Lipinski definition) is 3. The van der Waals surface area contributed by atoms with Gasteiger partial charge in [-0.1, -0.05) is 0 Å². The Hall–Kier alpha value is -0.490. The third kappa shape index (κ3) is 4.33. The summed E-state index contributed by atoms with van der Waals surface area (Å²) >= 11 is 0. The quantitative estimate of drug-likeness (QED) is 0.777. The van der Waals surface area contributed by atoms with Crippen molar-refractivity contribution < 1.29 is 18.3 Å². The summed E-state index contributed by atoms with van der Waals surface area (Å²) in [5.74, 6) is 0.0429. The fourth-order valence-corrected chi connectivity index (χ4v) is 1.94. The van der Waals surface area contributed by atoms with Crippen molar-refractivity contribution in [1.29, 1.82) is 0 Å². The van der Waals surface area contributed by atoms with Crippen LogP contribution in [-0.4, -0.2) is 10.6 Å². The van der Waals surface area contributed by atoms with Crippen molar-refractivity contribution >= 4 is 21.6 Å². The molecule has 0 saturated heterocycles. The highest BCUT2D eigenvalue weighted by molar-refractivity contribution is 8.77. The standard InChI is InChI=1S/C7H5F3OS2/c8-7(9,10)13-12-6-3-1-5(11)2-4-6/h1-4,11H. The molecule has 0 spiro atoms. The molecule has 0 fully saturated rings. The van der Waals surface area contributed by atoms with Gasteiger partial charge >= 0.3 is 5.51 Å². The molecule has 0 aliphatic rings. The normalized spacial score (nSPS) is 11.6. The molecule has 0 amide bonds. The summed E-state index contributed by atoms with van der Waals surface area (Å²) in [5.41, 5.74) is -4.23. The highest BCUT2D eigenvalue weighted by Gasteiger charge is 2.29. The molecular weight excluding hydrogens is 221 g/mol. The second-order valence-corrected chi connectivity index (χ2v) is 4.37. The summed E-state index contributed by atoms with van der Waals surface area (Å²) in [7, 11) is 0.444. The van der Waals surface area contributed by atoms with Gasteiger partial charge in [0, 0.05) is 15.7 Å². The smallest absolute Gasteiger partial charge is 0.452 e. The lowest BCUT2D eigenvalue weighted by Gasteiger charge is -2.03. The van der Waals surface area contributed by atoms with Crippen LogP contribution in [0.4, 0.5) is 13.2 Å². The molecule has 6 heteroatoms. The van der Waals surface area contributed by atoms with E-state index in [1.807, 2.05) is 0 Å². The Morgan fingerprint density at radius 1 is 1.08 bits per heavy atom. The third-order valence-electron chi connectivity index (χ3n) is 1.07. The van der Waals surface area contributed by atoms with Crippen LogP contribution in [-0.2, 0) is 0 Å². The van der Waals surface area contributed by atoms with E-state index in [0.29, 0.717) is 15.7 Å². The van der Waals surface area contributed by atoms with Crippen LogP contribution in [0.2, 0.25) is 0 Å². The number of hydrogen-bond donors (Lipinski definition) is 1. The van der Waals surface area contributed by atoms with Crippen LogP contribution in [0.5, 0.6) is 5.75 Å². The van der Waals surface area contributed by atoms with Crippen LogP contribution in [0.25, 0.3) is 0 Å². The fraction of sp³-hybridized carbons (Fsp3) is 0.143. The van der Waals surface area contributed by atoms with Gasteiger partial charge in [0.1, 0.15) is 5.75 Å². The van der Waals surface area contributed by atoms with Crippen molar-refractivity contribution in [3.05, 3.63) is 24.3 Å². The number of halogens is 3. The molecule has 0 bridgehead atoms. The van der Waals surface area contributed by atoms with Crippen LogP contribution in [0.15, 0.2) is 29.2 Å². The Labute approximate surface area is 80.7 Å². The molecule has 13 heavy (non-hydrogen) atoms. The van der Waals surface area contributed by atoms with E-state index in [0.717, 1.165) is 0 Å². The molecule has 0 aliphatic carbocycles. The van der Waals surface area contributed by atoms with Crippen molar-refractivity contribution in [2.24, 2.45) is 0 Å². The van der Waals surface area contributed by atoms with Gasteiger partial charge in [0.15, 0.2) is 0 Å². The molecular formula is C7H5F3OS2. The van der Waals surface area contributed by atoms with E-state index in [-0.39, 0.29) is 16.5 Å². The number of alkyl halides is 3. The fourth-order valence-electron chi connectivity index (χ4n) is 0.597. The first-order chi connectivity index (χ1) is 5.97. The predicted octanol–water partition coefficient (Wildman–Crippen LogP) is 3.65. The van der Waals surface area contributed by atoms with Gasteiger partial charge in [0.2, 0.25) is 0 Å². The van der Waals surface area contributed by atoms with Gasteiger partial charge in [0.05, 0.1) is 0 Å². The zero-order valence-corrected chi connectivity index (χ0v) is 7.84. The lowest BCUT2D eigenvalue weighted by molar-refractivity contribution is -0.0311. The Balaban J connectivity index is 2.51. The summed E-state index contributed by atoms with van der Waals surface area (Å²) in [6, 6.07) is 5.55. The summed E-state index contributed by atoms with van der Waals surface area (Å²) in [6.45, 7) is 0. The summed E-state index contributed by atoms with van der Waals surface area (Å²) < 4.78 is 35.1. The van der Waals surface area contributed by atoms with E-state index in [9.17, 15) is 13.2 Å². The Morgan fingerprint density at radius 3 is 2.08 bits per heavy atom. The van der Waals surface area contributed by atoms with Gasteiger partial charge in [-0.2, -0.15) is 13.2 Å². The Bertz CT molecular complexity index is 270. The third-order valence-corrected chi connectivity index (χ3v) is 3.20. The molecule has 0 radical (unpaired) electrons. The molecule has 0 atom stereocenters. The number of phenols is 1. The maximum absolute atomic E-state index is 11.7. The van der Waals surface area contributed by atoms with Crippen molar-refractivity contribution in [1.82, 2.24) is 0 Å². The molecule has 1 rings (SSSR count). The molecule has 1 nitrogen and oxygen atoms in total. The Morgan fingerprint density at radius 2 is 1.62 bits per heavy atom. The predicted molar refractivity (Wildman–Crippen MR) is 47.6 cm³/mol. The van der Waals surface area contributed by atoms with Gasteiger partial charge in [-0.15, -0.1) is 0 Å². The average Bonchev–Trinajstić information content (AvgIpc) is 2.02. The van der Waals surface area contributed by atoms with Crippen molar-refractivity contribution in [3.63, 3.8) is 0 Å². The molecule has 0 saturated carbocycles. The van der Waals surface area contributed by atoms with Crippen LogP contribution >= 0.6 is 21.6 Å². The molecule has 1 aromatic rings. The van der Waals surface area contributed by atoms with Crippen molar-refractivity contribution in [3.8, 4) is 5.75 Å². The minimum Gasteiger partial charge on any atom is -0.508 e. The first-order valence-corrected chi connectivity index (χ1v) is 5.34. The number of aromatic hydroxyl groups is 1. The monoisotopic (exact) mass is 226 g/mol. The van der Waals surface area contributed by atoms with Crippen molar-refractivity contribution in [2.45, 2.75) is 10.4 Å². The SMILES string of the molecule is Oc1ccc(SSC(F)(F)F)cc1. The highest BCUT2D eigenvalue weighted by atomic mass is 33.1. The lowest BCUT2D eigenvalue weighted by atomic mass is 10.3. The van der Waals surface area contributed by atoms with E-state index in [4.69, 9.17) is 5.11 Å². The minimum absolute atomic E-state index is 0.0429. The Kier molecular flexibility index (Phi) is 3.38. The molecule has 72 valence electrons. The zero-order valence-electron chi connectivity index (χ0n) is 6.21. The van der Waals surface area contributed by atoms with E-state index in [2.05, 4.69) is 0 Å². The topological polar surface area (TPSA) is 20.2 Å². The average molecular weight is 226 g/mol. The van der Waals surface area contributed by atoms with Crippen LogP contribution < -0.4 is 0 Å². The number of rotatable bonds is 2. The molecule has 1 N–H and O–H groups in total. The van der Waals surface area contributed by atoms with E-state index >= 15 is 0 Å². The second-order valence-electron chi connectivity index (χ2n) is 2.11. The van der Waals surface area contributed by atoms with Crippen molar-refractivity contribution in [2.75, 3.05) is 0 Å². The van der Waals surface area contributed by atoms with Crippen LogP contribution in [0.1, 0.15) is 0 Å². The van der Waals surface area contributed by atoms with Gasteiger partial charge in [0.25, 0.3) is 0 Å². The zero-order chi connectivity index (χ0) is 9.90. The molecule has 1 aromatic carbocycles. The van der Waals surface area contributed by atoms with Gasteiger partial charge < -0.3 is 5.11 Å². The minimum atomic E-state index is -4.23. The molecule has 0 aromatic heterocycles. The summed E-state index contributed by atoms with van der Waals surface area (Å²) in [6.07, 6.45) is 0. The van der Waals surface area contributed by atoms with E-state index in [1.54, 1.807) is 0 Å². The maximum Gasteiger partial charge on any atom is 0.452 e. The molecule has 0 heterocycles. The van der Waals surface area contributed by atoms with Gasteiger partial charge in [-0.05, 0) is 35.1 Å². The largest absolute Gasteiger partial charge is 0.508 e. The second kappa shape index (κ2) is 4.15. The summed E-state index contributed by atoms with van der Waals surface area (Å²) in [5, 5.41) is 8.85. The first-order valence-electron chi connectivity index (χ1n) is 3.19. The highest BCUT2D eigenvalue weighted by Crippen LogP contribution is 2.43. The van der Waals surface area contributed by atoms with E-state index in [1.165, 1.54) is 24.3 Å². The van der Waals surface area contributed by atoms with Crippen LogP contribution in [0, 0.1) is 0 Å². The van der Waals surface area contributed by atoms with Crippen LogP contribution in [0.3, 0.4) is 0 Å². The van der Waals surface area contributed by atoms with E-state index < -0.39 is 5.51 Å². The lowest BCUT2D eigenvalue weighted by Crippen LogP contribution is -1.95. The number of phenolic OH excluding ortho intramolecular Hbond substituents is 1.